The number of nitrogens with one attached hydrogen (secondary N) is 1. The van der Waals surface area contributed by atoms with Gasteiger partial charge in [0.1, 0.15) is 17.3 Å². The molecule has 2 heterocycles. The van der Waals surface area contributed by atoms with E-state index in [2.05, 4.69) is 20.1 Å². The van der Waals surface area contributed by atoms with E-state index in [1.165, 1.54) is 17.4 Å². The zero-order chi connectivity index (χ0) is 21.1. The minimum absolute atomic E-state index is 0.0316. The molecule has 0 atom stereocenters. The first kappa shape index (κ1) is 20.6. The van der Waals surface area contributed by atoms with Crippen molar-refractivity contribution in [2.75, 3.05) is 36.0 Å². The number of benzene rings is 2. The summed E-state index contributed by atoms with van der Waals surface area (Å²) in [6, 6.07) is 11.1. The summed E-state index contributed by atoms with van der Waals surface area (Å²) in [6.45, 7) is 3.18. The summed E-state index contributed by atoms with van der Waals surface area (Å²) in [7, 11) is 0. The molecule has 1 fully saturated rings. The lowest BCUT2D eigenvalue weighted by molar-refractivity contribution is 0.0946. The lowest BCUT2D eigenvalue weighted by atomic mass is 10.2. The smallest absolute Gasteiger partial charge is 0.271 e. The third-order valence-corrected chi connectivity index (χ3v) is 6.04. The molecular formula is C21H19ClF2N4OS. The predicted octanol–water partition coefficient (Wildman–Crippen LogP) is 4.33. The first-order valence-corrected chi connectivity index (χ1v) is 10.7. The minimum Gasteiger partial charge on any atom is -0.368 e. The van der Waals surface area contributed by atoms with Crippen molar-refractivity contribution in [2.24, 2.45) is 0 Å². The van der Waals surface area contributed by atoms with Crippen LogP contribution in [0.5, 0.6) is 0 Å². The maximum atomic E-state index is 13.7. The maximum absolute atomic E-state index is 13.7. The van der Waals surface area contributed by atoms with Crippen molar-refractivity contribution in [3.8, 4) is 0 Å². The number of rotatable bonds is 5. The molecule has 0 unspecified atom stereocenters. The van der Waals surface area contributed by atoms with Crippen molar-refractivity contribution >= 4 is 39.7 Å². The number of halogens is 3. The molecule has 5 nitrogen and oxygen atoms in total. The number of carbonyl (C=O) groups is 1. The molecule has 1 aliphatic heterocycles. The Balaban J connectivity index is 1.33. The van der Waals surface area contributed by atoms with Crippen molar-refractivity contribution in [1.29, 1.82) is 0 Å². The van der Waals surface area contributed by atoms with Crippen LogP contribution < -0.4 is 15.1 Å². The monoisotopic (exact) mass is 448 g/mol. The molecule has 0 saturated carbocycles. The maximum Gasteiger partial charge on any atom is 0.271 e. The number of nitrogens with zero attached hydrogens (tertiary/aromatic N) is 3. The van der Waals surface area contributed by atoms with E-state index in [4.69, 9.17) is 11.6 Å². The quantitative estimate of drug-likeness (QED) is 0.631. The molecule has 1 amide bonds. The number of piperazine rings is 1. The molecule has 30 heavy (non-hydrogen) atoms. The van der Waals surface area contributed by atoms with Gasteiger partial charge in [-0.2, -0.15) is 0 Å². The molecule has 0 radical (unpaired) electrons. The highest BCUT2D eigenvalue weighted by Crippen LogP contribution is 2.25. The average molecular weight is 449 g/mol. The van der Waals surface area contributed by atoms with Crippen LogP contribution in [0.4, 0.5) is 19.6 Å². The van der Waals surface area contributed by atoms with Crippen molar-refractivity contribution in [3.05, 3.63) is 75.8 Å². The Kier molecular flexibility index (Phi) is 6.15. The highest BCUT2D eigenvalue weighted by atomic mass is 35.5. The van der Waals surface area contributed by atoms with Crippen LogP contribution >= 0.6 is 22.9 Å². The van der Waals surface area contributed by atoms with Crippen LogP contribution in [0.1, 0.15) is 16.1 Å². The summed E-state index contributed by atoms with van der Waals surface area (Å²) in [4.78, 5) is 21.2. The van der Waals surface area contributed by atoms with Crippen molar-refractivity contribution < 1.29 is 13.6 Å². The van der Waals surface area contributed by atoms with E-state index in [9.17, 15) is 13.6 Å². The van der Waals surface area contributed by atoms with Crippen LogP contribution in [0.15, 0.2) is 47.8 Å². The second-order valence-corrected chi connectivity index (χ2v) is 8.16. The molecule has 9 heteroatoms. The van der Waals surface area contributed by atoms with Gasteiger partial charge in [0.25, 0.3) is 5.91 Å². The summed E-state index contributed by atoms with van der Waals surface area (Å²) < 4.78 is 26.7. The number of thiazole rings is 1. The largest absolute Gasteiger partial charge is 0.368 e. The van der Waals surface area contributed by atoms with E-state index in [-0.39, 0.29) is 17.8 Å². The van der Waals surface area contributed by atoms with E-state index in [1.54, 1.807) is 5.38 Å². The van der Waals surface area contributed by atoms with E-state index in [0.29, 0.717) is 5.02 Å². The number of hydrogen-bond donors (Lipinski definition) is 1. The van der Waals surface area contributed by atoms with Crippen molar-refractivity contribution in [1.82, 2.24) is 10.3 Å². The topological polar surface area (TPSA) is 48.5 Å². The van der Waals surface area contributed by atoms with Crippen molar-refractivity contribution in [2.45, 2.75) is 6.54 Å². The summed E-state index contributed by atoms with van der Waals surface area (Å²) >= 11 is 7.48. The molecule has 0 bridgehead atoms. The highest BCUT2D eigenvalue weighted by Gasteiger charge is 2.21. The van der Waals surface area contributed by atoms with Gasteiger partial charge in [0.05, 0.1) is 0 Å². The molecule has 4 rings (SSSR count). The summed E-state index contributed by atoms with van der Waals surface area (Å²) in [5.41, 5.74) is 1.60. The highest BCUT2D eigenvalue weighted by molar-refractivity contribution is 7.13. The first-order valence-electron chi connectivity index (χ1n) is 9.43. The Labute approximate surface area is 181 Å². The lowest BCUT2D eigenvalue weighted by Gasteiger charge is -2.36. The molecule has 156 valence electrons. The van der Waals surface area contributed by atoms with Gasteiger partial charge in [0, 0.05) is 60.4 Å². The minimum atomic E-state index is -0.688. The number of carbonyl (C=O) groups excluding carboxylic acids is 1. The fourth-order valence-corrected chi connectivity index (χ4v) is 4.32. The molecule has 1 saturated heterocycles. The van der Waals surface area contributed by atoms with Crippen LogP contribution in [0, 0.1) is 11.6 Å². The van der Waals surface area contributed by atoms with Gasteiger partial charge < -0.3 is 15.1 Å². The zero-order valence-electron chi connectivity index (χ0n) is 15.9. The van der Waals surface area contributed by atoms with E-state index in [0.717, 1.165) is 49.1 Å². The van der Waals surface area contributed by atoms with Gasteiger partial charge >= 0.3 is 0 Å². The van der Waals surface area contributed by atoms with Crippen LogP contribution in [0.3, 0.4) is 0 Å². The molecular weight excluding hydrogens is 430 g/mol. The van der Waals surface area contributed by atoms with Crippen LogP contribution in [0.2, 0.25) is 5.02 Å². The third-order valence-electron chi connectivity index (χ3n) is 4.90. The lowest BCUT2D eigenvalue weighted by Crippen LogP contribution is -2.46. The zero-order valence-corrected chi connectivity index (χ0v) is 17.5. The molecule has 0 spiro atoms. The average Bonchev–Trinajstić information content (AvgIpc) is 3.23. The number of anilines is 2. The van der Waals surface area contributed by atoms with Crippen LogP contribution in [0.25, 0.3) is 0 Å². The van der Waals surface area contributed by atoms with E-state index < -0.39 is 17.5 Å². The number of hydrogen-bond acceptors (Lipinski definition) is 5. The summed E-state index contributed by atoms with van der Waals surface area (Å²) in [5, 5.41) is 5.81. The Morgan fingerprint density at radius 3 is 2.60 bits per heavy atom. The van der Waals surface area contributed by atoms with Gasteiger partial charge in [-0.1, -0.05) is 23.7 Å². The summed E-state index contributed by atoms with van der Waals surface area (Å²) in [6.07, 6.45) is 0. The van der Waals surface area contributed by atoms with Crippen molar-refractivity contribution in [3.63, 3.8) is 0 Å². The standard InChI is InChI=1S/C21H19ClF2N4OS/c22-15-2-1-3-17(10-15)27-6-8-28(9-7-27)21-26-19(13-30-21)20(29)25-12-14-4-5-16(23)11-18(14)24/h1-5,10-11,13H,6-9,12H2,(H,25,29). The Hall–Kier alpha value is -2.71. The van der Waals surface area contributed by atoms with Gasteiger partial charge in [-0.3, -0.25) is 4.79 Å². The Morgan fingerprint density at radius 2 is 1.87 bits per heavy atom. The third kappa shape index (κ3) is 4.71. The molecule has 2 aromatic carbocycles. The fourth-order valence-electron chi connectivity index (χ4n) is 3.27. The van der Waals surface area contributed by atoms with E-state index >= 15 is 0 Å². The predicted molar refractivity (Wildman–Crippen MR) is 116 cm³/mol. The molecule has 3 aromatic rings. The Morgan fingerprint density at radius 1 is 1.10 bits per heavy atom. The summed E-state index contributed by atoms with van der Waals surface area (Å²) in [5.74, 6) is -1.73. The number of aromatic nitrogens is 1. The molecule has 0 aliphatic carbocycles. The molecule has 1 aliphatic rings. The van der Waals surface area contributed by atoms with Crippen LogP contribution in [-0.4, -0.2) is 37.1 Å². The normalized spacial score (nSPS) is 14.1. The van der Waals surface area contributed by atoms with Gasteiger partial charge in [-0.15, -0.1) is 11.3 Å². The molecule has 1 N–H and O–H groups in total. The van der Waals surface area contributed by atoms with Gasteiger partial charge in [-0.05, 0) is 24.3 Å². The first-order chi connectivity index (χ1) is 14.5. The van der Waals surface area contributed by atoms with Gasteiger partial charge in [0.15, 0.2) is 5.13 Å². The number of amides is 1. The Bertz CT molecular complexity index is 1050. The van der Waals surface area contributed by atoms with Gasteiger partial charge in [0.2, 0.25) is 0 Å². The second-order valence-electron chi connectivity index (χ2n) is 6.89. The van der Waals surface area contributed by atoms with Gasteiger partial charge in [-0.25, -0.2) is 13.8 Å². The second kappa shape index (κ2) is 8.97. The molecule has 1 aromatic heterocycles. The van der Waals surface area contributed by atoms with E-state index in [1.807, 2.05) is 24.3 Å². The van der Waals surface area contributed by atoms with Crippen LogP contribution in [-0.2, 0) is 6.54 Å². The SMILES string of the molecule is O=C(NCc1ccc(F)cc1F)c1csc(N2CCN(c3cccc(Cl)c3)CC2)n1. The fraction of sp³-hybridized carbons (Fsp3) is 0.238.